The van der Waals surface area contributed by atoms with Crippen molar-refractivity contribution in [2.75, 3.05) is 12.4 Å². The quantitative estimate of drug-likeness (QED) is 0.622. The molecule has 114 valence electrons. The largest absolute Gasteiger partial charge is 0.497 e. The van der Waals surface area contributed by atoms with E-state index in [2.05, 4.69) is 25.4 Å². The summed E-state index contributed by atoms with van der Waals surface area (Å²) in [4.78, 5) is 14.0. The van der Waals surface area contributed by atoms with Crippen molar-refractivity contribution in [2.45, 2.75) is 0 Å². The van der Waals surface area contributed by atoms with Gasteiger partial charge in [-0.3, -0.25) is 4.98 Å². The van der Waals surface area contributed by atoms with Gasteiger partial charge in [0.1, 0.15) is 11.4 Å². The molecule has 0 saturated carbocycles. The monoisotopic (exact) mass is 324 g/mol. The van der Waals surface area contributed by atoms with Crippen LogP contribution in [0.3, 0.4) is 0 Å². The molecular formula is C15H12N6OS. The molecule has 0 aliphatic heterocycles. The Labute approximate surface area is 135 Å². The van der Waals surface area contributed by atoms with Gasteiger partial charge in [0.15, 0.2) is 5.65 Å². The normalized spacial score (nSPS) is 10.8. The third kappa shape index (κ3) is 2.59. The maximum absolute atomic E-state index is 5.15. The van der Waals surface area contributed by atoms with Crippen molar-refractivity contribution < 1.29 is 4.74 Å². The molecule has 23 heavy (non-hydrogen) atoms. The van der Waals surface area contributed by atoms with Crippen molar-refractivity contribution in [3.05, 3.63) is 48.4 Å². The number of hydrogen-bond donors (Lipinski definition) is 1. The Bertz CT molecular complexity index is 932. The molecule has 0 radical (unpaired) electrons. The SMILES string of the molecule is COc1ccc(Nc2nc3c(-c4cncs4)nccn3n2)cc1. The van der Waals surface area contributed by atoms with Crippen LogP contribution in [0.1, 0.15) is 0 Å². The second-order valence-electron chi connectivity index (χ2n) is 4.70. The standard InChI is InChI=1S/C15H12N6OS/c1-22-11-4-2-10(3-5-11)18-15-19-14-13(12-8-16-9-23-12)17-6-7-21(14)20-15/h2-9H,1H3,(H,18,20). The van der Waals surface area contributed by atoms with Gasteiger partial charge in [0.2, 0.25) is 5.95 Å². The van der Waals surface area contributed by atoms with Gasteiger partial charge in [-0.15, -0.1) is 16.4 Å². The number of anilines is 2. The molecule has 3 aromatic heterocycles. The smallest absolute Gasteiger partial charge is 0.247 e. The summed E-state index contributed by atoms with van der Waals surface area (Å²) in [6.07, 6.45) is 5.25. The van der Waals surface area contributed by atoms with E-state index in [0.29, 0.717) is 11.6 Å². The molecule has 8 heteroatoms. The van der Waals surface area contributed by atoms with E-state index in [4.69, 9.17) is 4.74 Å². The van der Waals surface area contributed by atoms with Crippen LogP contribution in [-0.2, 0) is 0 Å². The zero-order chi connectivity index (χ0) is 15.6. The maximum atomic E-state index is 5.15. The highest BCUT2D eigenvalue weighted by Gasteiger charge is 2.12. The van der Waals surface area contributed by atoms with Crippen LogP contribution in [0.15, 0.2) is 48.4 Å². The topological polar surface area (TPSA) is 77.2 Å². The molecule has 0 aliphatic rings. The fourth-order valence-electron chi connectivity index (χ4n) is 2.18. The van der Waals surface area contributed by atoms with Gasteiger partial charge in [-0.25, -0.2) is 9.50 Å². The number of aromatic nitrogens is 5. The number of rotatable bonds is 4. The number of thiazole rings is 1. The van der Waals surface area contributed by atoms with Gasteiger partial charge in [0, 0.05) is 24.3 Å². The van der Waals surface area contributed by atoms with Gasteiger partial charge >= 0.3 is 0 Å². The van der Waals surface area contributed by atoms with Gasteiger partial charge < -0.3 is 10.1 Å². The summed E-state index contributed by atoms with van der Waals surface area (Å²) in [6, 6.07) is 7.57. The zero-order valence-electron chi connectivity index (χ0n) is 12.2. The maximum Gasteiger partial charge on any atom is 0.247 e. The average Bonchev–Trinajstić information content (AvgIpc) is 3.24. The first-order valence-electron chi connectivity index (χ1n) is 6.85. The van der Waals surface area contributed by atoms with Gasteiger partial charge in [-0.05, 0) is 24.3 Å². The minimum absolute atomic E-state index is 0.508. The second-order valence-corrected chi connectivity index (χ2v) is 5.58. The molecule has 1 aromatic carbocycles. The summed E-state index contributed by atoms with van der Waals surface area (Å²) in [5.41, 5.74) is 4.11. The van der Waals surface area contributed by atoms with E-state index in [-0.39, 0.29) is 0 Å². The Kier molecular flexibility index (Phi) is 3.35. The molecule has 0 bridgehead atoms. The zero-order valence-corrected chi connectivity index (χ0v) is 13.0. The lowest BCUT2D eigenvalue weighted by atomic mass is 10.3. The number of benzene rings is 1. The number of nitrogens with one attached hydrogen (secondary N) is 1. The van der Waals surface area contributed by atoms with E-state index in [1.165, 1.54) is 11.3 Å². The van der Waals surface area contributed by atoms with Crippen LogP contribution in [0, 0.1) is 0 Å². The summed E-state index contributed by atoms with van der Waals surface area (Å²) >= 11 is 1.52. The molecule has 0 spiro atoms. The predicted molar refractivity (Wildman–Crippen MR) is 88.2 cm³/mol. The van der Waals surface area contributed by atoms with Gasteiger partial charge in [0.05, 0.1) is 17.5 Å². The van der Waals surface area contributed by atoms with Crippen molar-refractivity contribution in [3.8, 4) is 16.3 Å². The third-order valence-corrected chi connectivity index (χ3v) is 4.05. The van der Waals surface area contributed by atoms with Crippen molar-refractivity contribution in [1.29, 1.82) is 0 Å². The number of hydrogen-bond acceptors (Lipinski definition) is 7. The molecule has 7 nitrogen and oxygen atoms in total. The molecule has 1 N–H and O–H groups in total. The Hall–Kier alpha value is -3.00. The highest BCUT2D eigenvalue weighted by molar-refractivity contribution is 7.13. The molecule has 0 saturated heterocycles. The lowest BCUT2D eigenvalue weighted by molar-refractivity contribution is 0.415. The minimum atomic E-state index is 0.508. The molecule has 4 aromatic rings. The molecule has 0 atom stereocenters. The minimum Gasteiger partial charge on any atom is -0.497 e. The molecule has 3 heterocycles. The fraction of sp³-hybridized carbons (Fsp3) is 0.0667. The number of methoxy groups -OCH3 is 1. The molecule has 0 aliphatic carbocycles. The van der Waals surface area contributed by atoms with E-state index in [9.17, 15) is 0 Å². The molecule has 0 amide bonds. The number of nitrogens with zero attached hydrogens (tertiary/aromatic N) is 5. The first kappa shape index (κ1) is 13.6. The summed E-state index contributed by atoms with van der Waals surface area (Å²) < 4.78 is 6.85. The van der Waals surface area contributed by atoms with Crippen LogP contribution in [-0.4, -0.2) is 31.7 Å². The van der Waals surface area contributed by atoms with Crippen molar-refractivity contribution in [1.82, 2.24) is 24.6 Å². The van der Waals surface area contributed by atoms with Crippen LogP contribution in [0.4, 0.5) is 11.6 Å². The highest BCUT2D eigenvalue weighted by atomic mass is 32.1. The van der Waals surface area contributed by atoms with Gasteiger partial charge in [-0.2, -0.15) is 4.98 Å². The van der Waals surface area contributed by atoms with E-state index in [0.717, 1.165) is 22.0 Å². The van der Waals surface area contributed by atoms with Crippen LogP contribution >= 0.6 is 11.3 Å². The average molecular weight is 324 g/mol. The number of fused-ring (bicyclic) bond motifs is 1. The fourth-order valence-corrected chi connectivity index (χ4v) is 2.79. The van der Waals surface area contributed by atoms with E-state index < -0.39 is 0 Å². The predicted octanol–water partition coefficient (Wildman–Crippen LogP) is 3.00. The Morgan fingerprint density at radius 1 is 1.22 bits per heavy atom. The van der Waals surface area contributed by atoms with Gasteiger partial charge in [-0.1, -0.05) is 0 Å². The van der Waals surface area contributed by atoms with Crippen LogP contribution in [0.25, 0.3) is 16.2 Å². The van der Waals surface area contributed by atoms with Crippen LogP contribution in [0.2, 0.25) is 0 Å². The Balaban J connectivity index is 1.70. The van der Waals surface area contributed by atoms with Crippen molar-refractivity contribution >= 4 is 28.6 Å². The van der Waals surface area contributed by atoms with Gasteiger partial charge in [0.25, 0.3) is 0 Å². The highest BCUT2D eigenvalue weighted by Crippen LogP contribution is 2.25. The summed E-state index contributed by atoms with van der Waals surface area (Å²) in [5, 5.41) is 7.61. The van der Waals surface area contributed by atoms with Crippen molar-refractivity contribution in [3.63, 3.8) is 0 Å². The summed E-state index contributed by atoms with van der Waals surface area (Å²) in [6.45, 7) is 0. The van der Waals surface area contributed by atoms with Crippen molar-refractivity contribution in [2.24, 2.45) is 0 Å². The molecular weight excluding hydrogens is 312 g/mol. The van der Waals surface area contributed by atoms with E-state index in [1.54, 1.807) is 35.7 Å². The first-order chi connectivity index (χ1) is 11.3. The Morgan fingerprint density at radius 3 is 2.83 bits per heavy atom. The third-order valence-electron chi connectivity index (χ3n) is 3.27. The second kappa shape index (κ2) is 5.65. The summed E-state index contributed by atoms with van der Waals surface area (Å²) in [5.74, 6) is 1.31. The van der Waals surface area contributed by atoms with E-state index in [1.807, 2.05) is 24.3 Å². The molecule has 4 rings (SSSR count). The van der Waals surface area contributed by atoms with Crippen LogP contribution in [0.5, 0.6) is 5.75 Å². The molecule has 0 fully saturated rings. The lowest BCUT2D eigenvalue weighted by Gasteiger charge is -2.02. The van der Waals surface area contributed by atoms with Crippen LogP contribution < -0.4 is 10.1 Å². The Morgan fingerprint density at radius 2 is 2.09 bits per heavy atom. The lowest BCUT2D eigenvalue weighted by Crippen LogP contribution is -1.93. The van der Waals surface area contributed by atoms with E-state index >= 15 is 0 Å². The molecule has 0 unspecified atom stereocenters. The number of ether oxygens (including phenoxy) is 1. The first-order valence-corrected chi connectivity index (χ1v) is 7.73. The summed E-state index contributed by atoms with van der Waals surface area (Å²) in [7, 11) is 1.64.